The molecule has 0 saturated heterocycles. The van der Waals surface area contributed by atoms with Crippen molar-refractivity contribution in [1.29, 1.82) is 0 Å². The maximum atomic E-state index is 12.3. The molecule has 2 aromatic heterocycles. The van der Waals surface area contributed by atoms with E-state index in [1.807, 2.05) is 31.4 Å². The number of imidazole rings is 2. The molecule has 1 saturated carbocycles. The number of likely N-dealkylation sites (N-methyl/N-ethyl adjacent to an activating group) is 1. The zero-order valence-corrected chi connectivity index (χ0v) is 20.4. The molecule has 0 unspecified atom stereocenters. The van der Waals surface area contributed by atoms with Crippen LogP contribution < -0.4 is 10.5 Å². The molecule has 3 N–H and O–H groups in total. The number of primary amides is 1. The molecule has 180 valence electrons. The van der Waals surface area contributed by atoms with Gasteiger partial charge in [0.05, 0.1) is 34.7 Å². The van der Waals surface area contributed by atoms with Crippen LogP contribution in [0.5, 0.6) is 5.75 Å². The Balaban J connectivity index is 0.00000274. The Morgan fingerprint density at radius 1 is 1.21 bits per heavy atom. The van der Waals surface area contributed by atoms with Gasteiger partial charge in [-0.25, -0.2) is 9.97 Å². The van der Waals surface area contributed by atoms with Gasteiger partial charge in [-0.1, -0.05) is 25.3 Å². The minimum absolute atomic E-state index is 0. The van der Waals surface area contributed by atoms with E-state index in [1.165, 1.54) is 32.1 Å². The van der Waals surface area contributed by atoms with Crippen LogP contribution in [0.1, 0.15) is 48.5 Å². The van der Waals surface area contributed by atoms with Crippen LogP contribution in [0.2, 0.25) is 0 Å². The summed E-state index contributed by atoms with van der Waals surface area (Å²) in [6, 6.07) is 8.72. The Morgan fingerprint density at radius 2 is 2.00 bits per heavy atom. The van der Waals surface area contributed by atoms with Gasteiger partial charge in [0.1, 0.15) is 17.9 Å². The normalized spacial score (nSPS) is 14.6. The number of halogens is 1. The van der Waals surface area contributed by atoms with Crippen LogP contribution in [0.25, 0.3) is 33.2 Å². The number of nitrogens with one attached hydrogen (secondary N) is 1. The molecule has 1 aliphatic carbocycles. The molecule has 4 aromatic rings. The Kier molecular flexibility index (Phi) is 7.09. The van der Waals surface area contributed by atoms with E-state index >= 15 is 0 Å². The molecule has 2 aromatic carbocycles. The summed E-state index contributed by atoms with van der Waals surface area (Å²) in [4.78, 5) is 26.6. The van der Waals surface area contributed by atoms with E-state index in [4.69, 9.17) is 15.5 Å². The van der Waals surface area contributed by atoms with Crippen LogP contribution in [0.4, 0.5) is 0 Å². The molecule has 8 nitrogen and oxygen atoms in total. The minimum Gasteiger partial charge on any atom is -0.491 e. The molecule has 9 heteroatoms. The lowest BCUT2D eigenvalue weighted by molar-refractivity contribution is 0.0997. The van der Waals surface area contributed by atoms with E-state index in [1.54, 1.807) is 6.33 Å². The summed E-state index contributed by atoms with van der Waals surface area (Å²) in [6.45, 7) is 1.16. The number of aromatic amines is 1. The molecule has 1 amide bonds. The number of hydrogen-bond donors (Lipinski definition) is 2. The zero-order valence-electron chi connectivity index (χ0n) is 19.6. The number of fused-ring (bicyclic) bond motifs is 2. The van der Waals surface area contributed by atoms with E-state index < -0.39 is 5.91 Å². The maximum absolute atomic E-state index is 12.3. The Labute approximate surface area is 204 Å². The van der Waals surface area contributed by atoms with Crippen LogP contribution in [-0.2, 0) is 0 Å². The number of rotatable bonds is 7. The van der Waals surface area contributed by atoms with Crippen molar-refractivity contribution >= 4 is 40.4 Å². The molecule has 0 radical (unpaired) electrons. The number of hydrogen-bond acceptors (Lipinski definition) is 5. The third kappa shape index (κ3) is 4.48. The molecule has 5 rings (SSSR count). The number of amides is 1. The summed E-state index contributed by atoms with van der Waals surface area (Å²) in [7, 11) is 3.95. The molecule has 34 heavy (non-hydrogen) atoms. The van der Waals surface area contributed by atoms with Gasteiger partial charge in [0.2, 0.25) is 0 Å². The van der Waals surface area contributed by atoms with Crippen LogP contribution in [0.3, 0.4) is 0 Å². The number of benzene rings is 2. The van der Waals surface area contributed by atoms with Gasteiger partial charge in [-0.05, 0) is 50.7 Å². The third-order valence-electron chi connectivity index (χ3n) is 6.56. The fraction of sp³-hybridized carbons (Fsp3) is 0.400. The number of aromatic nitrogens is 4. The number of carbonyl (C=O) groups excluding carboxylic acids is 1. The van der Waals surface area contributed by atoms with Gasteiger partial charge < -0.3 is 24.9 Å². The third-order valence-corrected chi connectivity index (χ3v) is 6.56. The predicted octanol–water partition coefficient (Wildman–Crippen LogP) is 4.55. The lowest BCUT2D eigenvalue weighted by atomic mass is 9.95. The first-order valence-electron chi connectivity index (χ1n) is 11.6. The van der Waals surface area contributed by atoms with E-state index in [0.717, 1.165) is 28.7 Å². The van der Waals surface area contributed by atoms with Crippen LogP contribution in [0.15, 0.2) is 36.9 Å². The summed E-state index contributed by atoms with van der Waals surface area (Å²) in [6.07, 6.45) is 9.87. The van der Waals surface area contributed by atoms with Crippen LogP contribution in [0, 0.1) is 0 Å². The summed E-state index contributed by atoms with van der Waals surface area (Å²) in [5.74, 6) is -0.0822. The maximum Gasteiger partial charge on any atom is 0.254 e. The van der Waals surface area contributed by atoms with Crippen molar-refractivity contribution in [3.63, 3.8) is 0 Å². The Hall–Kier alpha value is -3.10. The van der Waals surface area contributed by atoms with Crippen molar-refractivity contribution in [2.45, 2.75) is 38.1 Å². The highest BCUT2D eigenvalue weighted by molar-refractivity contribution is 6.10. The van der Waals surface area contributed by atoms with Gasteiger partial charge >= 0.3 is 0 Å². The second-order valence-electron chi connectivity index (χ2n) is 9.09. The summed E-state index contributed by atoms with van der Waals surface area (Å²) >= 11 is 0. The molecule has 0 spiro atoms. The second kappa shape index (κ2) is 10.0. The predicted molar refractivity (Wildman–Crippen MR) is 137 cm³/mol. The molecular weight excluding hydrogens is 452 g/mol. The molecule has 2 heterocycles. The van der Waals surface area contributed by atoms with Gasteiger partial charge in [-0.3, -0.25) is 4.79 Å². The van der Waals surface area contributed by atoms with Gasteiger partial charge in [-0.15, -0.1) is 12.4 Å². The molecule has 0 aliphatic heterocycles. The first-order valence-corrected chi connectivity index (χ1v) is 11.6. The van der Waals surface area contributed by atoms with Crippen molar-refractivity contribution in [3.8, 4) is 16.9 Å². The summed E-state index contributed by atoms with van der Waals surface area (Å²) < 4.78 is 8.34. The second-order valence-corrected chi connectivity index (χ2v) is 9.09. The first-order chi connectivity index (χ1) is 16.0. The fourth-order valence-corrected chi connectivity index (χ4v) is 4.85. The largest absolute Gasteiger partial charge is 0.491 e. The van der Waals surface area contributed by atoms with E-state index in [-0.39, 0.29) is 12.4 Å². The lowest BCUT2D eigenvalue weighted by Crippen LogP contribution is -2.21. The van der Waals surface area contributed by atoms with Crippen LogP contribution in [-0.4, -0.2) is 57.6 Å². The smallest absolute Gasteiger partial charge is 0.254 e. The van der Waals surface area contributed by atoms with Crippen molar-refractivity contribution in [2.75, 3.05) is 27.2 Å². The van der Waals surface area contributed by atoms with E-state index in [9.17, 15) is 4.79 Å². The number of nitrogens with zero attached hydrogens (tertiary/aromatic N) is 4. The van der Waals surface area contributed by atoms with Crippen molar-refractivity contribution in [2.24, 2.45) is 5.73 Å². The Bertz CT molecular complexity index is 1310. The molecule has 0 bridgehead atoms. The summed E-state index contributed by atoms with van der Waals surface area (Å²) in [5, 5.41) is 0. The SMILES string of the molecule is CN(C)CCOc1cc(-c2ccc3c(c2)ncn3C2CCCCC2)c2nc[nH]c2c1C(N)=O.Cl. The monoisotopic (exact) mass is 482 g/mol. The standard InChI is InChI=1S/C25H30N6O2.ClH/c1-30(2)10-11-33-21-13-18(23-24(28-14-27-23)22(21)25(26)32)16-8-9-20-19(12-16)29-15-31(20)17-6-4-3-5-7-17;/h8-9,12-15,17H,3-7,10-11H2,1-2H3,(H2,26,32)(H,27,28);1H. The highest BCUT2D eigenvalue weighted by Gasteiger charge is 2.22. The number of ether oxygens (including phenoxy) is 1. The highest BCUT2D eigenvalue weighted by Crippen LogP contribution is 2.37. The van der Waals surface area contributed by atoms with Crippen molar-refractivity contribution < 1.29 is 9.53 Å². The number of nitrogens with two attached hydrogens (primary N) is 1. The van der Waals surface area contributed by atoms with E-state index in [0.29, 0.717) is 35.0 Å². The minimum atomic E-state index is -0.544. The topological polar surface area (TPSA) is 102 Å². The van der Waals surface area contributed by atoms with Gasteiger partial charge in [-0.2, -0.15) is 0 Å². The van der Waals surface area contributed by atoms with E-state index in [2.05, 4.69) is 32.7 Å². The van der Waals surface area contributed by atoms with Gasteiger partial charge in [0.15, 0.2) is 0 Å². The molecular formula is C25H31ClN6O2. The highest BCUT2D eigenvalue weighted by atomic mass is 35.5. The number of carbonyl (C=O) groups is 1. The molecule has 0 atom stereocenters. The number of H-pyrrole nitrogens is 1. The quantitative estimate of drug-likeness (QED) is 0.402. The van der Waals surface area contributed by atoms with Crippen molar-refractivity contribution in [1.82, 2.24) is 24.4 Å². The molecule has 1 aliphatic rings. The van der Waals surface area contributed by atoms with Crippen LogP contribution >= 0.6 is 12.4 Å². The lowest BCUT2D eigenvalue weighted by Gasteiger charge is -2.23. The first kappa shape index (κ1) is 24.0. The zero-order chi connectivity index (χ0) is 22.9. The summed E-state index contributed by atoms with van der Waals surface area (Å²) in [5.41, 5.74) is 11.3. The fourth-order valence-electron chi connectivity index (χ4n) is 4.85. The van der Waals surface area contributed by atoms with Crippen molar-refractivity contribution in [3.05, 3.63) is 42.5 Å². The molecule has 1 fully saturated rings. The van der Waals surface area contributed by atoms with Gasteiger partial charge in [0.25, 0.3) is 5.91 Å². The average molecular weight is 483 g/mol. The average Bonchev–Trinajstić information content (AvgIpc) is 3.45. The van der Waals surface area contributed by atoms with Gasteiger partial charge in [0, 0.05) is 18.2 Å². The Morgan fingerprint density at radius 3 is 2.74 bits per heavy atom.